The number of para-hydroxylation sites is 1. The number of rotatable bonds is 5. The lowest BCUT2D eigenvalue weighted by atomic mass is 10.0. The largest absolute Gasteiger partial charge is 0.456 e. The Hall–Kier alpha value is -3.35. The van der Waals surface area contributed by atoms with E-state index < -0.39 is 6.10 Å². The van der Waals surface area contributed by atoms with Crippen molar-refractivity contribution < 1.29 is 9.84 Å². The number of hydrogen-bond donors (Lipinski definition) is 1. The molecule has 3 rings (SSSR count). The summed E-state index contributed by atoms with van der Waals surface area (Å²) in [4.78, 5) is 0. The second-order valence-corrected chi connectivity index (χ2v) is 5.96. The van der Waals surface area contributed by atoms with Gasteiger partial charge in [-0.2, -0.15) is 5.26 Å². The molecule has 3 heteroatoms. The van der Waals surface area contributed by atoms with E-state index in [2.05, 4.69) is 6.07 Å². The molecule has 3 aromatic carbocycles. The number of benzene rings is 3. The summed E-state index contributed by atoms with van der Waals surface area (Å²) in [6.07, 6.45) is 0.841. The van der Waals surface area contributed by atoms with Crippen molar-refractivity contribution in [2.75, 3.05) is 0 Å². The molecule has 0 saturated carbocycles. The van der Waals surface area contributed by atoms with Crippen LogP contribution < -0.4 is 4.74 Å². The molecule has 0 aliphatic heterocycles. The maximum Gasteiger partial charge on any atom is 0.145 e. The van der Waals surface area contributed by atoms with E-state index in [9.17, 15) is 10.4 Å². The monoisotopic (exact) mass is 341 g/mol. The topological polar surface area (TPSA) is 53.2 Å². The quantitative estimate of drug-likeness (QED) is 0.663. The molecule has 1 unspecified atom stereocenters. The molecule has 26 heavy (non-hydrogen) atoms. The third-order valence-electron chi connectivity index (χ3n) is 4.01. The first-order chi connectivity index (χ1) is 12.7. The maximum atomic E-state index is 10.6. The van der Waals surface area contributed by atoms with Crippen molar-refractivity contribution in [1.82, 2.24) is 0 Å². The van der Waals surface area contributed by atoms with Crippen LogP contribution in [-0.2, 0) is 0 Å². The van der Waals surface area contributed by atoms with Gasteiger partial charge in [0.25, 0.3) is 0 Å². The Balaban J connectivity index is 1.98. The van der Waals surface area contributed by atoms with Gasteiger partial charge in [0, 0.05) is 5.56 Å². The van der Waals surface area contributed by atoms with Crippen LogP contribution in [0.15, 0.2) is 84.9 Å². The summed E-state index contributed by atoms with van der Waals surface area (Å²) in [6, 6.07) is 26.4. The summed E-state index contributed by atoms with van der Waals surface area (Å²) in [5.74, 6) is 0.961. The molecule has 1 atom stereocenters. The Morgan fingerprint density at radius 3 is 2.31 bits per heavy atom. The van der Waals surface area contributed by atoms with E-state index in [1.54, 1.807) is 24.3 Å². The second-order valence-electron chi connectivity index (χ2n) is 5.96. The molecule has 1 N–H and O–H groups in total. The van der Waals surface area contributed by atoms with E-state index in [0.29, 0.717) is 17.1 Å². The van der Waals surface area contributed by atoms with Crippen LogP contribution >= 0.6 is 0 Å². The molecule has 0 aliphatic rings. The maximum absolute atomic E-state index is 10.6. The second kappa shape index (κ2) is 8.15. The normalized spacial score (nSPS) is 12.3. The average Bonchev–Trinajstić information content (AvgIpc) is 2.69. The van der Waals surface area contributed by atoms with Gasteiger partial charge in [0.05, 0.1) is 5.56 Å². The van der Waals surface area contributed by atoms with Crippen LogP contribution in [0.2, 0.25) is 0 Å². The number of aryl methyl sites for hydroxylation is 1. The molecular formula is C23H19NO2. The first kappa shape index (κ1) is 17.5. The number of hydrogen-bond acceptors (Lipinski definition) is 3. The number of aliphatic hydroxyl groups excluding tert-OH is 1. The van der Waals surface area contributed by atoms with Crippen molar-refractivity contribution in [2.24, 2.45) is 0 Å². The lowest BCUT2D eigenvalue weighted by Crippen LogP contribution is -2.01. The molecule has 3 nitrogen and oxygen atoms in total. The van der Waals surface area contributed by atoms with Gasteiger partial charge in [-0.05, 0) is 30.7 Å². The predicted octanol–water partition coefficient (Wildman–Crippen LogP) is 5.02. The molecule has 0 saturated heterocycles. The zero-order valence-electron chi connectivity index (χ0n) is 14.5. The van der Waals surface area contributed by atoms with Crippen molar-refractivity contribution in [2.45, 2.75) is 13.0 Å². The molecule has 0 radical (unpaired) electrons. The molecule has 128 valence electrons. The lowest BCUT2D eigenvalue weighted by Gasteiger charge is -2.14. The smallest absolute Gasteiger partial charge is 0.145 e. The van der Waals surface area contributed by atoms with Crippen LogP contribution in [0.3, 0.4) is 0 Å². The van der Waals surface area contributed by atoms with Gasteiger partial charge < -0.3 is 9.84 Å². The van der Waals surface area contributed by atoms with Crippen molar-refractivity contribution in [3.63, 3.8) is 0 Å². The summed E-state index contributed by atoms with van der Waals surface area (Å²) in [7, 11) is 0. The van der Waals surface area contributed by atoms with Gasteiger partial charge in [0.2, 0.25) is 0 Å². The summed E-state index contributed by atoms with van der Waals surface area (Å²) in [5.41, 5.74) is 3.18. The fourth-order valence-electron chi connectivity index (χ4n) is 2.56. The average molecular weight is 341 g/mol. The van der Waals surface area contributed by atoms with Crippen LogP contribution in [0.1, 0.15) is 28.4 Å². The van der Waals surface area contributed by atoms with Crippen LogP contribution in [0.25, 0.3) is 5.76 Å². The van der Waals surface area contributed by atoms with E-state index in [1.165, 1.54) is 0 Å². The Kier molecular flexibility index (Phi) is 5.48. The molecule has 0 heterocycles. The number of aliphatic hydroxyl groups is 1. The van der Waals surface area contributed by atoms with Crippen LogP contribution in [-0.4, -0.2) is 5.11 Å². The summed E-state index contributed by atoms with van der Waals surface area (Å²) < 4.78 is 6.02. The molecule has 0 aromatic heterocycles. The summed E-state index contributed by atoms with van der Waals surface area (Å²) in [5, 5.41) is 19.9. The minimum Gasteiger partial charge on any atom is -0.456 e. The predicted molar refractivity (Wildman–Crippen MR) is 102 cm³/mol. The van der Waals surface area contributed by atoms with Crippen LogP contribution in [0, 0.1) is 18.3 Å². The van der Waals surface area contributed by atoms with Gasteiger partial charge >= 0.3 is 0 Å². The molecule has 0 aliphatic carbocycles. The number of ether oxygens (including phenoxy) is 1. The Labute approximate surface area is 153 Å². The summed E-state index contributed by atoms with van der Waals surface area (Å²) >= 11 is 0. The van der Waals surface area contributed by atoms with Gasteiger partial charge in [-0.3, -0.25) is 0 Å². The van der Waals surface area contributed by atoms with E-state index in [4.69, 9.17) is 4.74 Å². The van der Waals surface area contributed by atoms with Gasteiger partial charge in [0.15, 0.2) is 0 Å². The SMILES string of the molecule is Cc1ccc(C(O)/C=C(\Oc2ccccc2C#N)c2ccccc2)cc1. The van der Waals surface area contributed by atoms with Gasteiger partial charge in [-0.1, -0.05) is 72.3 Å². The van der Waals surface area contributed by atoms with E-state index in [1.807, 2.05) is 67.6 Å². The molecular weight excluding hydrogens is 322 g/mol. The fraction of sp³-hybridized carbons (Fsp3) is 0.0870. The van der Waals surface area contributed by atoms with E-state index in [-0.39, 0.29) is 0 Å². The molecule has 3 aromatic rings. The third kappa shape index (κ3) is 4.18. The zero-order chi connectivity index (χ0) is 18.4. The van der Waals surface area contributed by atoms with Gasteiger partial charge in [-0.15, -0.1) is 0 Å². The molecule has 0 fully saturated rings. The third-order valence-corrected chi connectivity index (χ3v) is 4.01. The Morgan fingerprint density at radius 1 is 0.962 bits per heavy atom. The fourth-order valence-corrected chi connectivity index (χ4v) is 2.56. The molecule has 0 spiro atoms. The summed E-state index contributed by atoms with van der Waals surface area (Å²) in [6.45, 7) is 2.00. The van der Waals surface area contributed by atoms with E-state index in [0.717, 1.165) is 16.7 Å². The van der Waals surface area contributed by atoms with Crippen molar-refractivity contribution in [3.8, 4) is 11.8 Å². The zero-order valence-corrected chi connectivity index (χ0v) is 14.5. The lowest BCUT2D eigenvalue weighted by molar-refractivity contribution is 0.227. The Bertz CT molecular complexity index is 938. The highest BCUT2D eigenvalue weighted by atomic mass is 16.5. The van der Waals surface area contributed by atoms with Crippen LogP contribution in [0.5, 0.6) is 5.75 Å². The minimum atomic E-state index is -0.819. The van der Waals surface area contributed by atoms with Crippen molar-refractivity contribution in [3.05, 3.63) is 107 Å². The van der Waals surface area contributed by atoms with E-state index >= 15 is 0 Å². The van der Waals surface area contributed by atoms with Gasteiger partial charge in [0.1, 0.15) is 23.7 Å². The highest BCUT2D eigenvalue weighted by molar-refractivity contribution is 5.64. The minimum absolute atomic E-state index is 0.444. The highest BCUT2D eigenvalue weighted by Crippen LogP contribution is 2.27. The van der Waals surface area contributed by atoms with Crippen molar-refractivity contribution in [1.29, 1.82) is 5.26 Å². The van der Waals surface area contributed by atoms with Crippen LogP contribution in [0.4, 0.5) is 0 Å². The standard InChI is InChI=1S/C23H19NO2/c1-17-11-13-18(14-12-17)21(25)15-23(19-7-3-2-4-8-19)26-22-10-6-5-9-20(22)16-24/h2-15,21,25H,1H3/b23-15-. The highest BCUT2D eigenvalue weighted by Gasteiger charge is 2.12. The first-order valence-electron chi connectivity index (χ1n) is 8.36. The van der Waals surface area contributed by atoms with Crippen molar-refractivity contribution >= 4 is 5.76 Å². The number of nitriles is 1. The van der Waals surface area contributed by atoms with Gasteiger partial charge in [-0.25, -0.2) is 0 Å². The Morgan fingerprint density at radius 2 is 1.62 bits per heavy atom. The molecule has 0 bridgehead atoms. The molecule has 0 amide bonds. The first-order valence-corrected chi connectivity index (χ1v) is 8.36. The number of nitrogens with zero attached hydrogens (tertiary/aromatic N) is 1.